The van der Waals surface area contributed by atoms with Crippen LogP contribution in [0.1, 0.15) is 19.0 Å². The number of benzene rings is 1. The molecule has 3 heterocycles. The Morgan fingerprint density at radius 2 is 1.41 bits per heavy atom. The van der Waals surface area contributed by atoms with Crippen LogP contribution in [0.3, 0.4) is 0 Å². The molecule has 5 nitrogen and oxygen atoms in total. The highest BCUT2D eigenvalue weighted by Crippen LogP contribution is 2.97. The van der Waals surface area contributed by atoms with Crippen molar-refractivity contribution in [2.24, 2.45) is 35.0 Å². The van der Waals surface area contributed by atoms with Gasteiger partial charge in [-0.2, -0.15) is 0 Å². The van der Waals surface area contributed by atoms with Crippen molar-refractivity contribution in [3.8, 4) is 5.69 Å². The topological polar surface area (TPSA) is 48.9 Å². The molecular formula is C17H15N3O2. The van der Waals surface area contributed by atoms with Crippen molar-refractivity contribution in [2.45, 2.75) is 19.0 Å². The van der Waals surface area contributed by atoms with E-state index in [0.717, 1.165) is 5.92 Å². The van der Waals surface area contributed by atoms with Crippen molar-refractivity contribution in [2.75, 3.05) is 0 Å². The molecule has 0 spiro atoms. The molecule has 22 heavy (non-hydrogen) atoms. The zero-order chi connectivity index (χ0) is 14.5. The smallest absolute Gasteiger partial charge is 0.245 e. The van der Waals surface area contributed by atoms with Crippen LogP contribution in [-0.4, -0.2) is 13.9 Å². The molecule has 4 saturated carbocycles. The average Bonchev–Trinajstić information content (AvgIpc) is 3.34. The minimum absolute atomic E-state index is 0.134. The molecule has 0 amide bonds. The lowest BCUT2D eigenvalue weighted by Crippen LogP contribution is -2.45. The maximum absolute atomic E-state index is 13.0. The van der Waals surface area contributed by atoms with Crippen molar-refractivity contribution < 1.29 is 0 Å². The van der Waals surface area contributed by atoms with E-state index >= 15 is 0 Å². The third-order valence-electron chi connectivity index (χ3n) is 7.68. The van der Waals surface area contributed by atoms with Crippen molar-refractivity contribution >= 4 is 0 Å². The van der Waals surface area contributed by atoms with Gasteiger partial charge in [0.05, 0.1) is 17.8 Å². The SMILES string of the molecule is CC12C3[C@@H]4[C@@H]3[C@@H]3[C@H]1[C@H]2[C@@H]4n1c(=O)n(-c2ccccc2)c(=O)n13. The van der Waals surface area contributed by atoms with E-state index in [1.54, 1.807) is 0 Å². The summed E-state index contributed by atoms with van der Waals surface area (Å²) in [5.41, 5.74) is 0.856. The maximum atomic E-state index is 13.0. The van der Waals surface area contributed by atoms with Crippen LogP contribution in [-0.2, 0) is 0 Å². The Kier molecular flexibility index (Phi) is 1.29. The highest BCUT2D eigenvalue weighted by atomic mass is 16.2. The first-order valence-corrected chi connectivity index (χ1v) is 8.19. The molecule has 110 valence electrons. The van der Waals surface area contributed by atoms with Gasteiger partial charge in [-0.1, -0.05) is 25.1 Å². The highest BCUT2D eigenvalue weighted by molar-refractivity contribution is 5.43. The Morgan fingerprint density at radius 3 is 1.86 bits per heavy atom. The molecule has 0 saturated heterocycles. The molecule has 8 rings (SSSR count). The van der Waals surface area contributed by atoms with E-state index < -0.39 is 0 Å². The molecule has 0 N–H and O–H groups in total. The van der Waals surface area contributed by atoms with Crippen LogP contribution in [0.5, 0.6) is 0 Å². The van der Waals surface area contributed by atoms with E-state index in [9.17, 15) is 9.59 Å². The summed E-state index contributed by atoms with van der Waals surface area (Å²) in [7, 11) is 0. The Hall–Kier alpha value is -2.04. The predicted octanol–water partition coefficient (Wildman–Crippen LogP) is 1.04. The number of nitrogens with zero attached hydrogens (tertiary/aromatic N) is 3. The molecule has 2 aromatic rings. The molecule has 2 bridgehead atoms. The van der Waals surface area contributed by atoms with Crippen molar-refractivity contribution in [3.63, 3.8) is 0 Å². The molecule has 2 unspecified atom stereocenters. The van der Waals surface area contributed by atoms with Gasteiger partial charge in [0.25, 0.3) is 0 Å². The van der Waals surface area contributed by atoms with Crippen LogP contribution in [0, 0.1) is 35.0 Å². The first-order valence-electron chi connectivity index (χ1n) is 8.19. The predicted molar refractivity (Wildman–Crippen MR) is 77.9 cm³/mol. The number of aromatic nitrogens is 3. The van der Waals surface area contributed by atoms with E-state index in [0.29, 0.717) is 46.9 Å². The van der Waals surface area contributed by atoms with Crippen LogP contribution < -0.4 is 11.4 Å². The monoisotopic (exact) mass is 293 g/mol. The van der Waals surface area contributed by atoms with Crippen LogP contribution in [0.15, 0.2) is 39.9 Å². The molecular weight excluding hydrogens is 278 g/mol. The Bertz CT molecular complexity index is 942. The normalized spacial score (nSPS) is 50.1. The average molecular weight is 293 g/mol. The molecule has 4 aliphatic carbocycles. The summed E-state index contributed by atoms with van der Waals surface area (Å²) in [6.07, 6.45) is 0. The van der Waals surface area contributed by atoms with Crippen molar-refractivity contribution in [1.82, 2.24) is 13.9 Å². The highest BCUT2D eigenvalue weighted by Gasteiger charge is 2.95. The lowest BCUT2D eigenvalue weighted by atomic mass is 9.89. The first kappa shape index (κ1) is 10.6. The molecule has 8 atom stereocenters. The molecule has 1 aromatic heterocycles. The zero-order valence-electron chi connectivity index (χ0n) is 12.1. The van der Waals surface area contributed by atoms with E-state index in [-0.39, 0.29) is 11.4 Å². The van der Waals surface area contributed by atoms with Gasteiger partial charge in [0.1, 0.15) is 0 Å². The van der Waals surface area contributed by atoms with Crippen LogP contribution >= 0.6 is 0 Å². The van der Waals surface area contributed by atoms with Gasteiger partial charge in [-0.05, 0) is 47.1 Å². The fourth-order valence-electron chi connectivity index (χ4n) is 7.20. The van der Waals surface area contributed by atoms with Crippen molar-refractivity contribution in [1.29, 1.82) is 0 Å². The molecule has 6 aliphatic rings. The standard InChI is InChI=1S/C17H15N3O2/c1-17-10-8-9(10)14-12(17)11(17)13(8)19-15(21)18(16(22)20(14)19)7-5-3-2-4-6-7/h2-6,8-14H,1H3/t8-,9-,10?,11-,12+,13+,14+,17?/m0/s1. The summed E-state index contributed by atoms with van der Waals surface area (Å²) >= 11 is 0. The Morgan fingerprint density at radius 1 is 0.864 bits per heavy atom. The Balaban J connectivity index is 1.57. The van der Waals surface area contributed by atoms with E-state index in [2.05, 4.69) is 6.92 Å². The number of rotatable bonds is 1. The third-order valence-corrected chi connectivity index (χ3v) is 7.68. The minimum atomic E-state index is -0.134. The van der Waals surface area contributed by atoms with Crippen LogP contribution in [0.25, 0.3) is 5.69 Å². The van der Waals surface area contributed by atoms with E-state index in [1.807, 2.05) is 39.7 Å². The number of para-hydroxylation sites is 1. The van der Waals surface area contributed by atoms with Gasteiger partial charge in [0, 0.05) is 0 Å². The van der Waals surface area contributed by atoms with Gasteiger partial charge in [0.2, 0.25) is 0 Å². The largest absolute Gasteiger partial charge is 0.352 e. The van der Waals surface area contributed by atoms with E-state index in [1.165, 1.54) is 4.57 Å². The lowest BCUT2D eigenvalue weighted by Gasteiger charge is -2.36. The summed E-state index contributed by atoms with van der Waals surface area (Å²) in [6, 6.07) is 9.91. The van der Waals surface area contributed by atoms with Gasteiger partial charge in [0.15, 0.2) is 0 Å². The lowest BCUT2D eigenvalue weighted by molar-refractivity contribution is 0.112. The second-order valence-corrected chi connectivity index (χ2v) is 8.00. The van der Waals surface area contributed by atoms with Gasteiger partial charge < -0.3 is 0 Å². The first-order chi connectivity index (χ1) is 10.7. The van der Waals surface area contributed by atoms with Gasteiger partial charge in [-0.25, -0.2) is 23.5 Å². The molecule has 5 heteroatoms. The summed E-state index contributed by atoms with van der Waals surface area (Å²) < 4.78 is 5.04. The molecule has 2 aliphatic heterocycles. The fourth-order valence-corrected chi connectivity index (χ4v) is 7.20. The zero-order valence-corrected chi connectivity index (χ0v) is 12.1. The van der Waals surface area contributed by atoms with E-state index in [4.69, 9.17) is 0 Å². The van der Waals surface area contributed by atoms with Crippen LogP contribution in [0.2, 0.25) is 0 Å². The van der Waals surface area contributed by atoms with Gasteiger partial charge >= 0.3 is 11.4 Å². The summed E-state index contributed by atoms with van der Waals surface area (Å²) in [4.78, 5) is 25.9. The fraction of sp³-hybridized carbons (Fsp3) is 0.529. The van der Waals surface area contributed by atoms with Gasteiger partial charge in [-0.15, -0.1) is 0 Å². The second kappa shape index (κ2) is 2.66. The van der Waals surface area contributed by atoms with Crippen molar-refractivity contribution in [3.05, 3.63) is 51.3 Å². The summed E-state index contributed by atoms with van der Waals surface area (Å²) in [5.74, 6) is 3.44. The Labute approximate surface area is 125 Å². The molecule has 4 fully saturated rings. The minimum Gasteiger partial charge on any atom is -0.245 e. The maximum Gasteiger partial charge on any atom is 0.352 e. The van der Waals surface area contributed by atoms with Gasteiger partial charge in [-0.3, -0.25) is 0 Å². The molecule has 1 aromatic carbocycles. The number of hydrogen-bond acceptors (Lipinski definition) is 2. The third kappa shape index (κ3) is 0.733. The quantitative estimate of drug-likeness (QED) is 0.789. The summed E-state index contributed by atoms with van der Waals surface area (Å²) in [6.45, 7) is 2.40. The number of hydrogen-bond donors (Lipinski definition) is 0. The van der Waals surface area contributed by atoms with Crippen LogP contribution in [0.4, 0.5) is 0 Å². The second-order valence-electron chi connectivity index (χ2n) is 8.00. The molecule has 0 radical (unpaired) electrons. The summed E-state index contributed by atoms with van der Waals surface area (Å²) in [5, 5.41) is 0.